The first-order chi connectivity index (χ1) is 14.9. The van der Waals surface area contributed by atoms with Gasteiger partial charge in [0.15, 0.2) is 0 Å². The van der Waals surface area contributed by atoms with Crippen molar-refractivity contribution in [3.63, 3.8) is 0 Å². The van der Waals surface area contributed by atoms with Crippen LogP contribution in [0.2, 0.25) is 0 Å². The lowest BCUT2D eigenvalue weighted by molar-refractivity contribution is -0.373. The van der Waals surface area contributed by atoms with Gasteiger partial charge in [-0.15, -0.1) is 0 Å². The molecular weight excluding hydrogens is 396 g/mol. The van der Waals surface area contributed by atoms with E-state index in [1.54, 1.807) is 0 Å². The topological polar surface area (TPSA) is 82.1 Å². The van der Waals surface area contributed by atoms with E-state index in [0.29, 0.717) is 35.5 Å². The Bertz CT molecular complexity index is 668. The molecule has 8 aliphatic carbocycles. The van der Waals surface area contributed by atoms with Crippen LogP contribution in [0, 0.1) is 35.5 Å². The number of rotatable bonds is 7. The molecule has 0 aliphatic heterocycles. The van der Waals surface area contributed by atoms with Crippen LogP contribution in [0.3, 0.4) is 0 Å². The summed E-state index contributed by atoms with van der Waals surface area (Å²) in [6, 6.07) is 0. The summed E-state index contributed by atoms with van der Waals surface area (Å²) in [5.41, 5.74) is -0.503. The molecule has 0 aromatic heterocycles. The molecule has 8 rings (SSSR count). The first-order valence-electron chi connectivity index (χ1n) is 12.3. The maximum Gasteiger partial charge on any atom is 0.335 e. The maximum atomic E-state index is 12.4. The number of aliphatic carboxylic acids is 1. The Kier molecular flexibility index (Phi) is 4.77. The molecule has 0 unspecified atom stereocenters. The van der Waals surface area contributed by atoms with Crippen LogP contribution >= 0.6 is 0 Å². The summed E-state index contributed by atoms with van der Waals surface area (Å²) in [7, 11) is 0. The quantitative estimate of drug-likeness (QED) is 0.366. The summed E-state index contributed by atoms with van der Waals surface area (Å²) < 4.78 is 18.9. The summed E-state index contributed by atoms with van der Waals surface area (Å²) in [4.78, 5) is 23.2. The van der Waals surface area contributed by atoms with E-state index in [1.807, 2.05) is 0 Å². The Morgan fingerprint density at radius 3 is 1.35 bits per heavy atom. The number of carbonyl (C=O) groups is 2. The highest BCUT2D eigenvalue weighted by Gasteiger charge is 2.56. The predicted octanol–water partition coefficient (Wildman–Crippen LogP) is 4.42. The molecule has 0 heterocycles. The van der Waals surface area contributed by atoms with Crippen LogP contribution in [0.5, 0.6) is 0 Å². The van der Waals surface area contributed by atoms with Gasteiger partial charge in [-0.2, -0.15) is 0 Å². The molecule has 0 amide bonds. The average molecular weight is 431 g/mol. The zero-order valence-corrected chi connectivity index (χ0v) is 18.2. The van der Waals surface area contributed by atoms with Gasteiger partial charge in [-0.1, -0.05) is 0 Å². The highest BCUT2D eigenvalue weighted by Crippen LogP contribution is 2.59. The molecule has 0 spiro atoms. The minimum absolute atomic E-state index is 0.251. The molecule has 0 saturated heterocycles. The lowest BCUT2D eigenvalue weighted by Crippen LogP contribution is -2.57. The number of esters is 1. The van der Waals surface area contributed by atoms with Crippen molar-refractivity contribution in [2.24, 2.45) is 35.5 Å². The van der Waals surface area contributed by atoms with Crippen molar-refractivity contribution >= 4 is 11.9 Å². The van der Waals surface area contributed by atoms with Crippen molar-refractivity contribution in [3.8, 4) is 0 Å². The number of carboxylic acid groups (broad SMARTS) is 1. The van der Waals surface area contributed by atoms with Crippen molar-refractivity contribution in [3.05, 3.63) is 12.2 Å². The summed E-state index contributed by atoms with van der Waals surface area (Å²) in [5.74, 6) is 2.42. The molecule has 8 fully saturated rings. The van der Waals surface area contributed by atoms with Crippen molar-refractivity contribution in [1.29, 1.82) is 0 Å². The molecule has 0 aromatic rings. The molecule has 6 heteroatoms. The number of hydrogen-bond acceptors (Lipinski definition) is 5. The number of carboxylic acids is 1. The van der Waals surface area contributed by atoms with Gasteiger partial charge in [-0.05, 0) is 113 Å². The average Bonchev–Trinajstić information content (AvgIpc) is 2.63. The summed E-state index contributed by atoms with van der Waals surface area (Å²) in [6.45, 7) is -1.04. The standard InChI is InChI=1S/C25H34O6/c26-21(27)1-2-22(28)29-23(30-24-9-15-3-16(10-24)5-17(4-15)11-24)31-25-12-18-6-19(13-25)8-20(7-18)14-25/h1-2,15-20,23H,3-14H2,(H,26,27)/b2-1+. The first-order valence-corrected chi connectivity index (χ1v) is 12.3. The fourth-order valence-corrected chi connectivity index (χ4v) is 9.10. The Morgan fingerprint density at radius 2 is 1.03 bits per heavy atom. The third-order valence-corrected chi connectivity index (χ3v) is 9.23. The van der Waals surface area contributed by atoms with E-state index in [1.165, 1.54) is 38.5 Å². The highest BCUT2D eigenvalue weighted by atomic mass is 16.9. The fourth-order valence-electron chi connectivity index (χ4n) is 9.10. The first kappa shape index (κ1) is 20.2. The van der Waals surface area contributed by atoms with Crippen LogP contribution in [0.1, 0.15) is 77.0 Å². The Labute approximate surface area is 183 Å². The van der Waals surface area contributed by atoms with E-state index < -0.39 is 18.4 Å². The highest BCUT2D eigenvalue weighted by molar-refractivity contribution is 5.90. The molecular formula is C25H34O6. The maximum absolute atomic E-state index is 12.4. The van der Waals surface area contributed by atoms with Crippen LogP contribution < -0.4 is 0 Å². The normalized spacial score (nSPS) is 47.7. The van der Waals surface area contributed by atoms with Crippen molar-refractivity contribution in [2.45, 2.75) is 94.7 Å². The molecule has 8 aliphatic rings. The Morgan fingerprint density at radius 1 is 0.677 bits per heavy atom. The van der Waals surface area contributed by atoms with Gasteiger partial charge in [-0.3, -0.25) is 0 Å². The van der Waals surface area contributed by atoms with Crippen LogP contribution in [-0.2, 0) is 23.8 Å². The molecule has 0 aromatic carbocycles. The second kappa shape index (κ2) is 7.31. The zero-order chi connectivity index (χ0) is 21.2. The number of carbonyl (C=O) groups excluding carboxylic acids is 1. The molecule has 8 bridgehead atoms. The monoisotopic (exact) mass is 430 g/mol. The van der Waals surface area contributed by atoms with Crippen LogP contribution in [0.4, 0.5) is 0 Å². The third-order valence-electron chi connectivity index (χ3n) is 9.23. The second-order valence-corrected chi connectivity index (χ2v) is 11.8. The predicted molar refractivity (Wildman–Crippen MR) is 111 cm³/mol. The van der Waals surface area contributed by atoms with Gasteiger partial charge in [0.25, 0.3) is 0 Å². The summed E-state index contributed by atoms with van der Waals surface area (Å²) in [5, 5.41) is 8.86. The van der Waals surface area contributed by atoms with Gasteiger partial charge in [0, 0.05) is 12.2 Å². The van der Waals surface area contributed by atoms with Gasteiger partial charge in [0.05, 0.1) is 11.2 Å². The summed E-state index contributed by atoms with van der Waals surface area (Å²) >= 11 is 0. The van der Waals surface area contributed by atoms with E-state index >= 15 is 0 Å². The van der Waals surface area contributed by atoms with Crippen LogP contribution in [0.25, 0.3) is 0 Å². The zero-order valence-electron chi connectivity index (χ0n) is 18.2. The lowest BCUT2D eigenvalue weighted by Gasteiger charge is -2.58. The van der Waals surface area contributed by atoms with Crippen molar-refractivity contribution < 1.29 is 28.9 Å². The van der Waals surface area contributed by atoms with Crippen molar-refractivity contribution in [2.75, 3.05) is 0 Å². The number of ether oxygens (including phenoxy) is 3. The fraction of sp³-hybridized carbons (Fsp3) is 0.840. The molecule has 170 valence electrons. The smallest absolute Gasteiger partial charge is 0.335 e. The molecule has 31 heavy (non-hydrogen) atoms. The van der Waals surface area contributed by atoms with Gasteiger partial charge < -0.3 is 19.3 Å². The molecule has 1 N–H and O–H groups in total. The molecule has 6 nitrogen and oxygen atoms in total. The SMILES string of the molecule is O=C(O)/C=C/C(=O)OC(OC12CC3CC(CC(C3)C1)C2)OC12CC3CC(CC(C3)C1)C2. The van der Waals surface area contributed by atoms with Gasteiger partial charge in [0.2, 0.25) is 0 Å². The summed E-state index contributed by atoms with van der Waals surface area (Å²) in [6.07, 6.45) is 15.8. The largest absolute Gasteiger partial charge is 0.478 e. The van der Waals surface area contributed by atoms with Crippen molar-refractivity contribution in [1.82, 2.24) is 0 Å². The third kappa shape index (κ3) is 3.95. The Balaban J connectivity index is 1.22. The van der Waals surface area contributed by atoms with Crippen LogP contribution in [0.15, 0.2) is 12.2 Å². The van der Waals surface area contributed by atoms with Crippen LogP contribution in [-0.4, -0.2) is 34.7 Å². The van der Waals surface area contributed by atoms with E-state index in [9.17, 15) is 9.59 Å². The van der Waals surface area contributed by atoms with E-state index in [4.69, 9.17) is 19.3 Å². The van der Waals surface area contributed by atoms with Gasteiger partial charge in [-0.25, -0.2) is 9.59 Å². The van der Waals surface area contributed by atoms with Gasteiger partial charge in [0.1, 0.15) is 0 Å². The Hall–Kier alpha value is -1.40. The molecule has 0 radical (unpaired) electrons. The minimum atomic E-state index is -1.17. The number of hydrogen-bond donors (Lipinski definition) is 1. The van der Waals surface area contributed by atoms with Gasteiger partial charge >= 0.3 is 18.4 Å². The van der Waals surface area contributed by atoms with E-state index in [2.05, 4.69) is 0 Å². The second-order valence-electron chi connectivity index (χ2n) is 11.8. The lowest BCUT2D eigenvalue weighted by atomic mass is 9.54. The molecule has 0 atom stereocenters. The van der Waals surface area contributed by atoms with E-state index in [-0.39, 0.29) is 11.2 Å². The minimum Gasteiger partial charge on any atom is -0.478 e. The molecule has 8 saturated carbocycles. The van der Waals surface area contributed by atoms with E-state index in [0.717, 1.165) is 50.7 Å².